The number of aromatic nitrogens is 4. The summed E-state index contributed by atoms with van der Waals surface area (Å²) in [6.45, 7) is 2.03. The lowest BCUT2D eigenvalue weighted by atomic mass is 9.77. The number of H-pyrrole nitrogens is 1. The molecule has 2 aromatic heterocycles. The van der Waals surface area contributed by atoms with E-state index >= 15 is 0 Å². The molecule has 0 amide bonds. The fourth-order valence-electron chi connectivity index (χ4n) is 4.66. The van der Waals surface area contributed by atoms with Crippen LogP contribution >= 0.6 is 11.6 Å². The van der Waals surface area contributed by atoms with Gasteiger partial charge < -0.3 is 4.90 Å². The maximum atomic E-state index is 14.4. The molecule has 0 unspecified atom stereocenters. The predicted molar refractivity (Wildman–Crippen MR) is 104 cm³/mol. The molecule has 1 spiro atoms. The second kappa shape index (κ2) is 6.44. The number of fused-ring (bicyclic) bond motifs is 1. The van der Waals surface area contributed by atoms with Crippen molar-refractivity contribution in [2.45, 2.75) is 38.5 Å². The maximum Gasteiger partial charge on any atom is 0.202 e. The lowest BCUT2D eigenvalue weighted by molar-refractivity contribution is 0.226. The first kappa shape index (κ1) is 16.9. The van der Waals surface area contributed by atoms with Crippen LogP contribution < -0.4 is 4.90 Å². The second-order valence-corrected chi connectivity index (χ2v) is 8.20. The van der Waals surface area contributed by atoms with Crippen LogP contribution in [0.25, 0.3) is 22.4 Å². The molecule has 3 heterocycles. The van der Waals surface area contributed by atoms with Gasteiger partial charge in [0.25, 0.3) is 0 Å². The predicted octanol–water partition coefficient (Wildman–Crippen LogP) is 4.97. The van der Waals surface area contributed by atoms with Gasteiger partial charge in [0.15, 0.2) is 5.82 Å². The number of hydrogen-bond acceptors (Lipinski definition) is 4. The Labute approximate surface area is 162 Å². The van der Waals surface area contributed by atoms with Crippen LogP contribution in [0.2, 0.25) is 5.02 Å². The fourth-order valence-corrected chi connectivity index (χ4v) is 4.83. The minimum Gasteiger partial charge on any atom is -0.355 e. The molecule has 2 fully saturated rings. The van der Waals surface area contributed by atoms with Gasteiger partial charge in [0.05, 0.1) is 16.9 Å². The van der Waals surface area contributed by atoms with E-state index in [-0.39, 0.29) is 5.02 Å². The zero-order valence-electron chi connectivity index (χ0n) is 15.0. The van der Waals surface area contributed by atoms with E-state index < -0.39 is 5.82 Å². The summed E-state index contributed by atoms with van der Waals surface area (Å²) in [5, 5.41) is 7.21. The Kier molecular flexibility index (Phi) is 4.04. The summed E-state index contributed by atoms with van der Waals surface area (Å²) in [6.07, 6.45) is 9.73. The van der Waals surface area contributed by atoms with Gasteiger partial charge in [-0.15, -0.1) is 0 Å². The molecule has 1 aliphatic heterocycles. The molecule has 1 aromatic carbocycles. The van der Waals surface area contributed by atoms with Gasteiger partial charge in [-0.1, -0.05) is 30.5 Å². The number of hydrogen-bond donors (Lipinski definition) is 1. The third-order valence-electron chi connectivity index (χ3n) is 6.29. The number of halogens is 2. The Morgan fingerprint density at radius 3 is 2.67 bits per heavy atom. The van der Waals surface area contributed by atoms with Crippen molar-refractivity contribution >= 4 is 28.6 Å². The molecular weight excluding hydrogens is 365 g/mol. The summed E-state index contributed by atoms with van der Waals surface area (Å²) < 4.78 is 14.4. The summed E-state index contributed by atoms with van der Waals surface area (Å²) in [6, 6.07) is 4.90. The number of benzene rings is 1. The van der Waals surface area contributed by atoms with Crippen LogP contribution in [-0.2, 0) is 0 Å². The second-order valence-electron chi connectivity index (χ2n) is 7.79. The zero-order chi connectivity index (χ0) is 18.4. The van der Waals surface area contributed by atoms with Crippen LogP contribution in [0.15, 0.2) is 24.4 Å². The van der Waals surface area contributed by atoms with E-state index in [1.54, 1.807) is 18.3 Å². The maximum absolute atomic E-state index is 14.4. The number of anilines is 1. The molecule has 27 heavy (non-hydrogen) atoms. The molecule has 2 aliphatic rings. The normalized spacial score (nSPS) is 19.3. The van der Waals surface area contributed by atoms with E-state index in [4.69, 9.17) is 11.6 Å². The quantitative estimate of drug-likeness (QED) is 0.676. The van der Waals surface area contributed by atoms with E-state index in [1.165, 1.54) is 44.6 Å². The van der Waals surface area contributed by atoms with Crippen LogP contribution in [0.1, 0.15) is 38.5 Å². The van der Waals surface area contributed by atoms with Gasteiger partial charge in [-0.2, -0.15) is 5.10 Å². The van der Waals surface area contributed by atoms with Crippen molar-refractivity contribution in [3.63, 3.8) is 0 Å². The van der Waals surface area contributed by atoms with Crippen LogP contribution in [0.4, 0.5) is 10.2 Å². The van der Waals surface area contributed by atoms with Gasteiger partial charge in [0.1, 0.15) is 11.3 Å². The highest BCUT2D eigenvalue weighted by Gasteiger charge is 2.37. The average molecular weight is 386 g/mol. The van der Waals surface area contributed by atoms with Gasteiger partial charge >= 0.3 is 0 Å². The molecule has 1 saturated carbocycles. The van der Waals surface area contributed by atoms with Gasteiger partial charge in [-0.3, -0.25) is 5.10 Å². The van der Waals surface area contributed by atoms with Crippen molar-refractivity contribution < 1.29 is 4.39 Å². The van der Waals surface area contributed by atoms with Crippen molar-refractivity contribution in [1.29, 1.82) is 0 Å². The molecule has 140 valence electrons. The fraction of sp³-hybridized carbons (Fsp3) is 0.450. The highest BCUT2D eigenvalue weighted by molar-refractivity contribution is 6.31. The lowest BCUT2D eigenvalue weighted by Crippen LogP contribution is -2.39. The third-order valence-corrected chi connectivity index (χ3v) is 6.58. The molecule has 1 aliphatic carbocycles. The van der Waals surface area contributed by atoms with Crippen molar-refractivity contribution in [3.8, 4) is 11.3 Å². The molecule has 0 atom stereocenters. The van der Waals surface area contributed by atoms with Crippen LogP contribution in [0.3, 0.4) is 0 Å². The summed E-state index contributed by atoms with van der Waals surface area (Å²) in [5.41, 5.74) is 2.49. The Morgan fingerprint density at radius 1 is 1.11 bits per heavy atom. The smallest absolute Gasteiger partial charge is 0.202 e. The minimum absolute atomic E-state index is 0.0778. The summed E-state index contributed by atoms with van der Waals surface area (Å²) in [4.78, 5) is 11.5. The highest BCUT2D eigenvalue weighted by Crippen LogP contribution is 2.46. The molecule has 7 heteroatoms. The van der Waals surface area contributed by atoms with Crippen LogP contribution in [0.5, 0.6) is 0 Å². The van der Waals surface area contributed by atoms with Gasteiger partial charge in [0, 0.05) is 18.7 Å². The Morgan fingerprint density at radius 2 is 1.89 bits per heavy atom. The molecule has 1 saturated heterocycles. The van der Waals surface area contributed by atoms with E-state index in [9.17, 15) is 4.39 Å². The Balaban J connectivity index is 1.43. The molecular formula is C20H21ClFN5. The van der Waals surface area contributed by atoms with E-state index in [2.05, 4.69) is 25.1 Å². The number of nitrogens with one attached hydrogen (secondary N) is 1. The van der Waals surface area contributed by atoms with Crippen LogP contribution in [0, 0.1) is 11.2 Å². The Bertz CT molecular complexity index is 985. The molecule has 1 N–H and O–H groups in total. The first-order chi connectivity index (χ1) is 13.2. The van der Waals surface area contributed by atoms with Crippen LogP contribution in [-0.4, -0.2) is 33.3 Å². The van der Waals surface area contributed by atoms with Crippen molar-refractivity contribution in [3.05, 3.63) is 35.2 Å². The number of nitrogens with zero attached hydrogens (tertiary/aromatic N) is 4. The molecule has 3 aromatic rings. The van der Waals surface area contributed by atoms with Gasteiger partial charge in [-0.05, 0) is 43.2 Å². The standard InChI is InChI=1S/C20H21ClFN5/c21-14-5-3-4-13(16(14)22)17-18-19(26-25-17)24-15(12-23-18)27-10-8-20(9-11-27)6-1-2-7-20/h3-5,12H,1-2,6-11H2,(H,24,25,26). The average Bonchev–Trinajstić information content (AvgIpc) is 3.31. The van der Waals surface area contributed by atoms with Crippen molar-refractivity contribution in [2.75, 3.05) is 18.0 Å². The van der Waals surface area contributed by atoms with Crippen molar-refractivity contribution in [2.24, 2.45) is 5.41 Å². The SMILES string of the molecule is Fc1c(Cl)cccc1-c1[nH]nc2nc(N3CCC4(CCCC4)CC3)cnc12. The summed E-state index contributed by atoms with van der Waals surface area (Å²) >= 11 is 5.91. The highest BCUT2D eigenvalue weighted by atomic mass is 35.5. The summed E-state index contributed by atoms with van der Waals surface area (Å²) in [5.74, 6) is 0.369. The molecule has 5 rings (SSSR count). The first-order valence-electron chi connectivity index (χ1n) is 9.56. The van der Waals surface area contributed by atoms with E-state index in [0.29, 0.717) is 27.8 Å². The molecule has 5 nitrogen and oxygen atoms in total. The number of rotatable bonds is 2. The zero-order valence-corrected chi connectivity index (χ0v) is 15.8. The molecule has 0 bridgehead atoms. The first-order valence-corrected chi connectivity index (χ1v) is 9.94. The lowest BCUT2D eigenvalue weighted by Gasteiger charge is -2.39. The number of aromatic amines is 1. The molecule has 0 radical (unpaired) electrons. The third kappa shape index (κ3) is 2.87. The van der Waals surface area contributed by atoms with E-state index in [1.807, 2.05) is 0 Å². The minimum atomic E-state index is -0.478. The van der Waals surface area contributed by atoms with Crippen molar-refractivity contribution in [1.82, 2.24) is 20.2 Å². The Hall–Kier alpha value is -2.21. The van der Waals surface area contributed by atoms with Gasteiger partial charge in [-0.25, -0.2) is 14.4 Å². The largest absolute Gasteiger partial charge is 0.355 e. The topological polar surface area (TPSA) is 57.7 Å². The summed E-state index contributed by atoms with van der Waals surface area (Å²) in [7, 11) is 0. The van der Waals surface area contributed by atoms with E-state index in [0.717, 1.165) is 18.9 Å². The van der Waals surface area contributed by atoms with Gasteiger partial charge in [0.2, 0.25) is 5.65 Å². The number of piperidine rings is 1. The monoisotopic (exact) mass is 385 g/mol.